The van der Waals surface area contributed by atoms with Crippen LogP contribution in [0.5, 0.6) is 5.75 Å². The van der Waals surface area contributed by atoms with Gasteiger partial charge < -0.3 is 15.5 Å². The lowest BCUT2D eigenvalue weighted by Crippen LogP contribution is -2.04. The largest absolute Gasteiger partial charge is 0.507 e. The number of aromatic hydroxyl groups is 1. The molecule has 21 heavy (non-hydrogen) atoms. The maximum absolute atomic E-state index is 10.9. The zero-order chi connectivity index (χ0) is 15.1. The van der Waals surface area contributed by atoms with Gasteiger partial charge in [0.25, 0.3) is 0 Å². The Morgan fingerprint density at radius 3 is 2.90 bits per heavy atom. The number of phenols is 1. The molecule has 1 aliphatic rings. The fourth-order valence-electron chi connectivity index (χ4n) is 2.29. The van der Waals surface area contributed by atoms with Gasteiger partial charge in [-0.05, 0) is 37.5 Å². The molecule has 0 saturated carbocycles. The van der Waals surface area contributed by atoms with Gasteiger partial charge in [0.05, 0.1) is 0 Å². The summed E-state index contributed by atoms with van der Waals surface area (Å²) in [6, 6.07) is 4.60. The van der Waals surface area contributed by atoms with E-state index in [0.717, 1.165) is 23.9 Å². The molecule has 2 rings (SSSR count). The van der Waals surface area contributed by atoms with E-state index in [1.165, 1.54) is 43.6 Å². The van der Waals surface area contributed by atoms with Gasteiger partial charge >= 0.3 is 5.97 Å². The van der Waals surface area contributed by atoms with E-state index in [1.807, 2.05) is 21.6 Å². The van der Waals surface area contributed by atoms with E-state index in [9.17, 15) is 9.90 Å². The van der Waals surface area contributed by atoms with Crippen LogP contribution in [0.2, 0.25) is 0 Å². The summed E-state index contributed by atoms with van der Waals surface area (Å²) in [7, 11) is 4.02. The van der Waals surface area contributed by atoms with Gasteiger partial charge in [-0.2, -0.15) is 0 Å². The van der Waals surface area contributed by atoms with Crippen LogP contribution >= 0.6 is 21.6 Å². The van der Waals surface area contributed by atoms with Gasteiger partial charge in [0.15, 0.2) is 0 Å². The molecule has 0 bridgehead atoms. The molecule has 0 aromatic heterocycles. The number of benzene rings is 1. The Kier molecular flexibility index (Phi) is 6.57. The van der Waals surface area contributed by atoms with Crippen LogP contribution in [-0.4, -0.2) is 33.7 Å². The van der Waals surface area contributed by atoms with Crippen LogP contribution in [0.25, 0.3) is 0 Å². The van der Waals surface area contributed by atoms with Crippen LogP contribution < -0.4 is 5.32 Å². The first-order chi connectivity index (χ1) is 10.2. The Balaban J connectivity index is 1.64. The van der Waals surface area contributed by atoms with Gasteiger partial charge in [0.2, 0.25) is 0 Å². The van der Waals surface area contributed by atoms with E-state index in [2.05, 4.69) is 5.32 Å². The van der Waals surface area contributed by atoms with Crippen LogP contribution in [0.3, 0.4) is 0 Å². The van der Waals surface area contributed by atoms with Crippen molar-refractivity contribution in [3.05, 3.63) is 23.8 Å². The number of aromatic carboxylic acids is 1. The van der Waals surface area contributed by atoms with Crippen molar-refractivity contribution in [2.45, 2.75) is 37.4 Å². The molecule has 3 N–H and O–H groups in total. The minimum Gasteiger partial charge on any atom is -0.507 e. The van der Waals surface area contributed by atoms with Gasteiger partial charge in [-0.1, -0.05) is 34.4 Å². The highest BCUT2D eigenvalue weighted by atomic mass is 33.1. The first kappa shape index (κ1) is 16.4. The SMILES string of the molecule is O=C(O)c1cc(NCCCCCC2CCSS2)ccc1O. The second kappa shape index (κ2) is 8.44. The summed E-state index contributed by atoms with van der Waals surface area (Å²) in [5.41, 5.74) is 0.684. The van der Waals surface area contributed by atoms with Crippen molar-refractivity contribution in [3.63, 3.8) is 0 Å². The predicted octanol–water partition coefficient (Wildman–Crippen LogP) is 4.22. The first-order valence-corrected chi connectivity index (χ1v) is 9.63. The van der Waals surface area contributed by atoms with Crippen LogP contribution in [0.4, 0.5) is 5.69 Å². The maximum Gasteiger partial charge on any atom is 0.339 e. The van der Waals surface area contributed by atoms with Gasteiger partial charge in [-0.15, -0.1) is 0 Å². The second-order valence-electron chi connectivity index (χ2n) is 5.14. The number of hydrogen-bond donors (Lipinski definition) is 3. The molecule has 1 fully saturated rings. The zero-order valence-electron chi connectivity index (χ0n) is 11.9. The standard InChI is InChI=1S/C15H21NO3S2/c17-14-6-5-11(10-13(14)15(18)19)16-8-3-1-2-4-12-7-9-20-21-12/h5-6,10,12,16-17H,1-4,7-9H2,(H,18,19). The van der Waals surface area contributed by atoms with Gasteiger partial charge in [0, 0.05) is 23.2 Å². The minimum atomic E-state index is -1.11. The normalized spacial score (nSPS) is 17.8. The Morgan fingerprint density at radius 1 is 1.33 bits per heavy atom. The third-order valence-electron chi connectivity index (χ3n) is 3.49. The molecule has 1 aromatic rings. The molecule has 116 valence electrons. The lowest BCUT2D eigenvalue weighted by Gasteiger charge is -2.09. The summed E-state index contributed by atoms with van der Waals surface area (Å²) in [6.07, 6.45) is 6.18. The highest BCUT2D eigenvalue weighted by molar-refractivity contribution is 8.77. The predicted molar refractivity (Wildman–Crippen MR) is 90.5 cm³/mol. The second-order valence-corrected chi connectivity index (χ2v) is 7.93. The molecule has 1 heterocycles. The van der Waals surface area contributed by atoms with Gasteiger partial charge in [-0.25, -0.2) is 4.79 Å². The van der Waals surface area contributed by atoms with Crippen molar-refractivity contribution >= 4 is 33.2 Å². The van der Waals surface area contributed by atoms with E-state index in [0.29, 0.717) is 0 Å². The highest BCUT2D eigenvalue weighted by Crippen LogP contribution is 2.39. The lowest BCUT2D eigenvalue weighted by atomic mass is 10.1. The molecule has 6 heteroatoms. The summed E-state index contributed by atoms with van der Waals surface area (Å²) < 4.78 is 0. The van der Waals surface area contributed by atoms with Crippen molar-refractivity contribution in [1.29, 1.82) is 0 Å². The van der Waals surface area contributed by atoms with Crippen LogP contribution in [-0.2, 0) is 0 Å². The number of nitrogens with one attached hydrogen (secondary N) is 1. The monoisotopic (exact) mass is 327 g/mol. The third kappa shape index (κ3) is 5.36. The van der Waals surface area contributed by atoms with Crippen molar-refractivity contribution < 1.29 is 15.0 Å². The molecule has 4 nitrogen and oxygen atoms in total. The molecular weight excluding hydrogens is 306 g/mol. The number of carboxylic acids is 1. The maximum atomic E-state index is 10.9. The Labute approximate surface area is 133 Å². The number of unbranched alkanes of at least 4 members (excludes halogenated alkanes) is 2. The van der Waals surface area contributed by atoms with E-state index < -0.39 is 5.97 Å². The number of carbonyl (C=O) groups is 1. The van der Waals surface area contributed by atoms with E-state index in [1.54, 1.807) is 6.07 Å². The summed E-state index contributed by atoms with van der Waals surface area (Å²) in [5.74, 6) is -0.00743. The topological polar surface area (TPSA) is 69.6 Å². The van der Waals surface area contributed by atoms with E-state index in [4.69, 9.17) is 5.11 Å². The van der Waals surface area contributed by atoms with Gasteiger partial charge in [-0.3, -0.25) is 0 Å². The molecule has 0 aliphatic carbocycles. The number of hydrogen-bond acceptors (Lipinski definition) is 5. The van der Waals surface area contributed by atoms with Crippen LogP contribution in [0.1, 0.15) is 42.5 Å². The summed E-state index contributed by atoms with van der Waals surface area (Å²) in [6.45, 7) is 0.830. The fraction of sp³-hybridized carbons (Fsp3) is 0.533. The lowest BCUT2D eigenvalue weighted by molar-refractivity contribution is 0.0694. The van der Waals surface area contributed by atoms with Crippen molar-refractivity contribution in [1.82, 2.24) is 0 Å². The molecule has 0 spiro atoms. The average molecular weight is 327 g/mol. The molecule has 0 amide bonds. The fourth-order valence-corrected chi connectivity index (χ4v) is 5.32. The summed E-state index contributed by atoms with van der Waals surface area (Å²) >= 11 is 0. The molecule has 1 unspecified atom stereocenters. The van der Waals surface area contributed by atoms with Crippen LogP contribution in [0.15, 0.2) is 18.2 Å². The Bertz CT molecular complexity index is 476. The Morgan fingerprint density at radius 2 is 2.19 bits per heavy atom. The Hall–Kier alpha value is -1.01. The molecule has 1 atom stereocenters. The average Bonchev–Trinajstić information content (AvgIpc) is 2.97. The smallest absolute Gasteiger partial charge is 0.339 e. The minimum absolute atomic E-state index is 0.0595. The molecule has 0 radical (unpaired) electrons. The summed E-state index contributed by atoms with van der Waals surface area (Å²) in [4.78, 5) is 10.9. The number of carboxylic acid groups (broad SMARTS) is 1. The van der Waals surface area contributed by atoms with Crippen molar-refractivity contribution in [2.75, 3.05) is 17.6 Å². The number of rotatable bonds is 8. The highest BCUT2D eigenvalue weighted by Gasteiger charge is 2.15. The molecule has 1 aliphatic heterocycles. The molecule has 1 saturated heterocycles. The summed E-state index contributed by atoms with van der Waals surface area (Å²) in [5, 5.41) is 22.4. The molecular formula is C15H21NO3S2. The third-order valence-corrected chi connectivity index (χ3v) is 6.49. The van der Waals surface area contributed by atoms with Crippen LogP contribution in [0, 0.1) is 0 Å². The number of anilines is 1. The quantitative estimate of drug-likeness (QED) is 0.377. The van der Waals surface area contributed by atoms with Crippen molar-refractivity contribution in [2.24, 2.45) is 0 Å². The van der Waals surface area contributed by atoms with E-state index >= 15 is 0 Å². The van der Waals surface area contributed by atoms with Crippen molar-refractivity contribution in [3.8, 4) is 5.75 Å². The van der Waals surface area contributed by atoms with E-state index in [-0.39, 0.29) is 11.3 Å². The zero-order valence-corrected chi connectivity index (χ0v) is 13.5. The van der Waals surface area contributed by atoms with Gasteiger partial charge in [0.1, 0.15) is 11.3 Å². The molecule has 1 aromatic carbocycles. The first-order valence-electron chi connectivity index (χ1n) is 7.25.